The summed E-state index contributed by atoms with van der Waals surface area (Å²) in [4.78, 5) is 10.5. The van der Waals surface area contributed by atoms with Crippen molar-refractivity contribution in [2.24, 2.45) is 4.99 Å². The van der Waals surface area contributed by atoms with Crippen molar-refractivity contribution in [2.75, 3.05) is 13.1 Å². The number of hydrogen-bond donors (Lipinski definition) is 2. The first-order valence-electron chi connectivity index (χ1n) is 8.24. The Hall–Kier alpha value is -2.40. The number of thiophene rings is 1. The molecule has 4 nitrogen and oxygen atoms in total. The SMILES string of the molecule is CCNC(=NCc1ccnc2ccccc12)NCCc1cccs1. The molecule has 0 unspecified atom stereocenters. The first kappa shape index (κ1) is 16.5. The normalized spacial score (nSPS) is 11.6. The van der Waals surface area contributed by atoms with Crippen LogP contribution in [0.3, 0.4) is 0 Å². The van der Waals surface area contributed by atoms with Crippen molar-refractivity contribution >= 4 is 28.2 Å². The molecule has 0 aliphatic heterocycles. The van der Waals surface area contributed by atoms with E-state index in [0.717, 1.165) is 36.4 Å². The number of nitrogens with one attached hydrogen (secondary N) is 2. The number of guanidine groups is 1. The van der Waals surface area contributed by atoms with Crippen LogP contribution in [0.2, 0.25) is 0 Å². The van der Waals surface area contributed by atoms with Crippen LogP contribution in [-0.4, -0.2) is 24.0 Å². The summed E-state index contributed by atoms with van der Waals surface area (Å²) in [6.45, 7) is 4.45. The van der Waals surface area contributed by atoms with Crippen LogP contribution in [0.25, 0.3) is 10.9 Å². The molecule has 0 fully saturated rings. The van der Waals surface area contributed by atoms with E-state index in [9.17, 15) is 0 Å². The minimum absolute atomic E-state index is 0.636. The van der Waals surface area contributed by atoms with Crippen molar-refractivity contribution < 1.29 is 0 Å². The summed E-state index contributed by atoms with van der Waals surface area (Å²) in [5.41, 5.74) is 2.21. The highest BCUT2D eigenvalue weighted by molar-refractivity contribution is 7.09. The molecule has 0 amide bonds. The average molecular weight is 338 g/mol. The van der Waals surface area contributed by atoms with Gasteiger partial charge in [-0.25, -0.2) is 4.99 Å². The second kappa shape index (κ2) is 8.45. The fraction of sp³-hybridized carbons (Fsp3) is 0.263. The summed E-state index contributed by atoms with van der Waals surface area (Å²) in [5.74, 6) is 0.856. The van der Waals surface area contributed by atoms with Crippen molar-refractivity contribution in [1.82, 2.24) is 15.6 Å². The summed E-state index contributed by atoms with van der Waals surface area (Å²) in [6.07, 6.45) is 2.87. The van der Waals surface area contributed by atoms with E-state index in [0.29, 0.717) is 6.54 Å². The zero-order chi connectivity index (χ0) is 16.6. The fourth-order valence-electron chi connectivity index (χ4n) is 2.56. The smallest absolute Gasteiger partial charge is 0.191 e. The van der Waals surface area contributed by atoms with Crippen molar-refractivity contribution in [3.8, 4) is 0 Å². The summed E-state index contributed by atoms with van der Waals surface area (Å²) in [5, 5.41) is 9.99. The van der Waals surface area contributed by atoms with Gasteiger partial charge in [0.2, 0.25) is 0 Å². The molecule has 0 aliphatic rings. The van der Waals surface area contributed by atoms with Gasteiger partial charge in [-0.2, -0.15) is 0 Å². The Morgan fingerprint density at radius 2 is 2.04 bits per heavy atom. The molecular formula is C19H22N4S. The molecule has 0 aliphatic carbocycles. The molecule has 124 valence electrons. The molecule has 3 aromatic rings. The lowest BCUT2D eigenvalue weighted by atomic mass is 10.1. The summed E-state index contributed by atoms with van der Waals surface area (Å²) in [7, 11) is 0. The maximum absolute atomic E-state index is 4.72. The van der Waals surface area contributed by atoms with E-state index in [4.69, 9.17) is 4.99 Å². The van der Waals surface area contributed by atoms with Crippen molar-refractivity contribution in [3.63, 3.8) is 0 Å². The van der Waals surface area contributed by atoms with E-state index >= 15 is 0 Å². The first-order valence-corrected chi connectivity index (χ1v) is 9.12. The monoisotopic (exact) mass is 338 g/mol. The lowest BCUT2D eigenvalue weighted by molar-refractivity contribution is 0.805. The highest BCUT2D eigenvalue weighted by atomic mass is 32.1. The van der Waals surface area contributed by atoms with E-state index in [-0.39, 0.29) is 0 Å². The number of pyridine rings is 1. The number of nitrogens with zero attached hydrogens (tertiary/aromatic N) is 2. The van der Waals surface area contributed by atoms with E-state index in [1.165, 1.54) is 10.4 Å². The topological polar surface area (TPSA) is 49.3 Å². The van der Waals surface area contributed by atoms with Crippen LogP contribution >= 0.6 is 11.3 Å². The molecule has 0 saturated carbocycles. The molecule has 0 spiro atoms. The second-order valence-corrected chi connectivity index (χ2v) is 6.47. The van der Waals surface area contributed by atoms with E-state index in [1.54, 1.807) is 11.3 Å². The molecule has 2 N–H and O–H groups in total. The van der Waals surface area contributed by atoms with Crippen LogP contribution in [0.15, 0.2) is 59.0 Å². The quantitative estimate of drug-likeness (QED) is 0.533. The largest absolute Gasteiger partial charge is 0.357 e. The van der Waals surface area contributed by atoms with Gasteiger partial charge in [0.25, 0.3) is 0 Å². The van der Waals surface area contributed by atoms with Crippen LogP contribution in [0, 0.1) is 0 Å². The van der Waals surface area contributed by atoms with Gasteiger partial charge in [-0.3, -0.25) is 4.98 Å². The van der Waals surface area contributed by atoms with Gasteiger partial charge in [0.1, 0.15) is 0 Å². The molecule has 0 radical (unpaired) electrons. The summed E-state index contributed by atoms with van der Waals surface area (Å²) in [6, 6.07) is 14.5. The first-order chi connectivity index (χ1) is 11.9. The Bertz CT molecular complexity index is 791. The van der Waals surface area contributed by atoms with Gasteiger partial charge in [-0.1, -0.05) is 24.3 Å². The van der Waals surface area contributed by atoms with Gasteiger partial charge < -0.3 is 10.6 Å². The number of para-hydroxylation sites is 1. The van der Waals surface area contributed by atoms with Gasteiger partial charge in [0.15, 0.2) is 5.96 Å². The molecule has 5 heteroatoms. The predicted molar refractivity (Wildman–Crippen MR) is 103 cm³/mol. The molecule has 1 aromatic carbocycles. The van der Waals surface area contributed by atoms with Gasteiger partial charge in [-0.05, 0) is 42.5 Å². The van der Waals surface area contributed by atoms with E-state index in [1.807, 2.05) is 30.5 Å². The summed E-state index contributed by atoms with van der Waals surface area (Å²) < 4.78 is 0. The predicted octanol–water partition coefficient (Wildman–Crippen LogP) is 3.59. The molecule has 3 rings (SSSR count). The van der Waals surface area contributed by atoms with Crippen LogP contribution in [0.4, 0.5) is 0 Å². The van der Waals surface area contributed by atoms with Gasteiger partial charge in [0.05, 0.1) is 12.1 Å². The molecule has 0 atom stereocenters. The summed E-state index contributed by atoms with van der Waals surface area (Å²) >= 11 is 1.79. The maximum Gasteiger partial charge on any atom is 0.191 e. The number of fused-ring (bicyclic) bond motifs is 1. The van der Waals surface area contributed by atoms with Crippen LogP contribution < -0.4 is 10.6 Å². The highest BCUT2D eigenvalue weighted by Crippen LogP contribution is 2.16. The Labute approximate surface area is 146 Å². The molecule has 2 heterocycles. The number of aromatic nitrogens is 1. The number of hydrogen-bond acceptors (Lipinski definition) is 3. The molecule has 24 heavy (non-hydrogen) atoms. The van der Waals surface area contributed by atoms with Crippen LogP contribution in [0.1, 0.15) is 17.4 Å². The zero-order valence-electron chi connectivity index (χ0n) is 13.8. The zero-order valence-corrected chi connectivity index (χ0v) is 14.6. The van der Waals surface area contributed by atoms with Gasteiger partial charge in [-0.15, -0.1) is 11.3 Å². The molecule has 2 aromatic heterocycles. The molecule has 0 saturated heterocycles. The standard InChI is InChI=1S/C19H22N4S/c1-2-20-19(22-12-10-16-6-5-13-24-16)23-14-15-9-11-21-18-8-4-3-7-17(15)18/h3-9,11,13H,2,10,12,14H2,1H3,(H2,20,22,23). The third-order valence-corrected chi connectivity index (χ3v) is 4.67. The number of rotatable bonds is 6. The third kappa shape index (κ3) is 4.32. The Kier molecular flexibility index (Phi) is 5.80. The van der Waals surface area contributed by atoms with Crippen molar-refractivity contribution in [1.29, 1.82) is 0 Å². The Morgan fingerprint density at radius 3 is 2.88 bits per heavy atom. The van der Waals surface area contributed by atoms with Crippen molar-refractivity contribution in [3.05, 3.63) is 64.5 Å². The van der Waals surface area contributed by atoms with Gasteiger partial charge >= 0.3 is 0 Å². The highest BCUT2D eigenvalue weighted by Gasteiger charge is 2.02. The average Bonchev–Trinajstić information content (AvgIpc) is 3.13. The lowest BCUT2D eigenvalue weighted by Gasteiger charge is -2.11. The van der Waals surface area contributed by atoms with E-state index in [2.05, 4.69) is 46.1 Å². The molecular weight excluding hydrogens is 316 g/mol. The lowest BCUT2D eigenvalue weighted by Crippen LogP contribution is -2.38. The van der Waals surface area contributed by atoms with Crippen molar-refractivity contribution in [2.45, 2.75) is 19.9 Å². The Balaban J connectivity index is 1.66. The maximum atomic E-state index is 4.72. The van der Waals surface area contributed by atoms with Gasteiger partial charge in [0, 0.05) is 29.5 Å². The van der Waals surface area contributed by atoms with Crippen LogP contribution in [-0.2, 0) is 13.0 Å². The fourth-order valence-corrected chi connectivity index (χ4v) is 3.27. The van der Waals surface area contributed by atoms with Crippen LogP contribution in [0.5, 0.6) is 0 Å². The molecule has 0 bridgehead atoms. The minimum Gasteiger partial charge on any atom is -0.357 e. The third-order valence-electron chi connectivity index (χ3n) is 3.74. The Morgan fingerprint density at radius 1 is 1.12 bits per heavy atom. The number of aliphatic imine (C=N–C) groups is 1. The van der Waals surface area contributed by atoms with E-state index < -0.39 is 0 Å². The number of benzene rings is 1. The second-order valence-electron chi connectivity index (χ2n) is 5.44. The minimum atomic E-state index is 0.636.